The second kappa shape index (κ2) is 5.23. The zero-order valence-electron chi connectivity index (χ0n) is 10.5. The molecule has 18 heavy (non-hydrogen) atoms. The number of hydrogen-bond acceptors (Lipinski definition) is 3. The van der Waals surface area contributed by atoms with Crippen LogP contribution in [-0.4, -0.2) is 9.97 Å². The summed E-state index contributed by atoms with van der Waals surface area (Å²) >= 11 is 0. The maximum Gasteiger partial charge on any atom is 0.142 e. The molecule has 1 heterocycles. The van der Waals surface area contributed by atoms with Crippen LogP contribution in [0, 0.1) is 5.82 Å². The van der Waals surface area contributed by atoms with Gasteiger partial charge in [-0.05, 0) is 36.2 Å². The molecule has 0 saturated carbocycles. The molecule has 1 aromatic heterocycles. The van der Waals surface area contributed by atoms with E-state index in [0.717, 1.165) is 17.0 Å². The van der Waals surface area contributed by atoms with Crippen molar-refractivity contribution in [1.82, 2.24) is 9.97 Å². The Balaban J connectivity index is 2.49. The van der Waals surface area contributed by atoms with Crippen LogP contribution >= 0.6 is 0 Å². The van der Waals surface area contributed by atoms with Gasteiger partial charge in [-0.1, -0.05) is 13.8 Å². The predicted molar refractivity (Wildman–Crippen MR) is 69.4 cm³/mol. The Bertz CT molecular complexity index is 535. The minimum Gasteiger partial charge on any atom is -0.324 e. The van der Waals surface area contributed by atoms with Gasteiger partial charge in [-0.3, -0.25) is 0 Å². The van der Waals surface area contributed by atoms with E-state index in [9.17, 15) is 4.39 Å². The van der Waals surface area contributed by atoms with Crippen LogP contribution in [0.5, 0.6) is 0 Å². The van der Waals surface area contributed by atoms with Gasteiger partial charge in [0.15, 0.2) is 0 Å². The summed E-state index contributed by atoms with van der Waals surface area (Å²) in [5.41, 5.74) is 8.21. The number of nitrogens with two attached hydrogens (primary N) is 1. The van der Waals surface area contributed by atoms with Crippen LogP contribution in [0.4, 0.5) is 4.39 Å². The van der Waals surface area contributed by atoms with Crippen molar-refractivity contribution in [3.63, 3.8) is 0 Å². The number of halogens is 1. The Kier molecular flexibility index (Phi) is 3.67. The molecule has 0 saturated heterocycles. The second-order valence-electron chi connectivity index (χ2n) is 4.46. The summed E-state index contributed by atoms with van der Waals surface area (Å²) in [5, 5.41) is 0. The smallest absolute Gasteiger partial charge is 0.142 e. The normalized spacial score (nSPS) is 10.9. The van der Waals surface area contributed by atoms with Crippen molar-refractivity contribution in [3.05, 3.63) is 47.7 Å². The van der Waals surface area contributed by atoms with Crippen LogP contribution in [0.3, 0.4) is 0 Å². The molecule has 94 valence electrons. The lowest BCUT2D eigenvalue weighted by Gasteiger charge is -2.09. The van der Waals surface area contributed by atoms with Crippen molar-refractivity contribution in [2.75, 3.05) is 0 Å². The molecular formula is C14H16FN3. The number of hydrogen-bond donors (Lipinski definition) is 1. The monoisotopic (exact) mass is 245 g/mol. The van der Waals surface area contributed by atoms with Crippen molar-refractivity contribution in [3.8, 4) is 11.3 Å². The summed E-state index contributed by atoms with van der Waals surface area (Å²) in [4.78, 5) is 8.76. The van der Waals surface area contributed by atoms with Gasteiger partial charge in [0, 0.05) is 11.3 Å². The van der Waals surface area contributed by atoms with Crippen molar-refractivity contribution in [2.45, 2.75) is 26.3 Å². The molecule has 0 radical (unpaired) electrons. The van der Waals surface area contributed by atoms with Gasteiger partial charge in [0.05, 0.1) is 12.2 Å². The van der Waals surface area contributed by atoms with Crippen LogP contribution in [0.2, 0.25) is 0 Å². The summed E-state index contributed by atoms with van der Waals surface area (Å²) in [7, 11) is 0. The van der Waals surface area contributed by atoms with Gasteiger partial charge in [0.1, 0.15) is 11.6 Å². The SMILES string of the molecule is CC(C)c1cc(-c2ccc(F)cc2)nc(CN)n1. The maximum atomic E-state index is 12.9. The minimum absolute atomic E-state index is 0.254. The molecule has 0 aliphatic rings. The molecule has 2 rings (SSSR count). The second-order valence-corrected chi connectivity index (χ2v) is 4.46. The van der Waals surface area contributed by atoms with Gasteiger partial charge < -0.3 is 5.73 Å². The summed E-state index contributed by atoms with van der Waals surface area (Å²) in [5.74, 6) is 0.661. The lowest BCUT2D eigenvalue weighted by molar-refractivity contribution is 0.628. The third-order valence-electron chi connectivity index (χ3n) is 2.71. The predicted octanol–water partition coefficient (Wildman–Crippen LogP) is 2.86. The highest BCUT2D eigenvalue weighted by Gasteiger charge is 2.08. The van der Waals surface area contributed by atoms with E-state index in [0.29, 0.717) is 18.3 Å². The van der Waals surface area contributed by atoms with E-state index in [4.69, 9.17) is 5.73 Å². The number of nitrogens with zero attached hydrogens (tertiary/aromatic N) is 2. The molecule has 0 aliphatic carbocycles. The molecule has 1 aromatic carbocycles. The van der Waals surface area contributed by atoms with Crippen LogP contribution < -0.4 is 5.73 Å². The molecular weight excluding hydrogens is 229 g/mol. The topological polar surface area (TPSA) is 51.8 Å². The van der Waals surface area contributed by atoms with E-state index in [1.807, 2.05) is 6.07 Å². The van der Waals surface area contributed by atoms with Crippen molar-refractivity contribution in [1.29, 1.82) is 0 Å². The average molecular weight is 245 g/mol. The fraction of sp³-hybridized carbons (Fsp3) is 0.286. The lowest BCUT2D eigenvalue weighted by atomic mass is 10.1. The summed E-state index contributed by atoms with van der Waals surface area (Å²) in [6.45, 7) is 4.43. The Labute approximate surface area is 106 Å². The number of rotatable bonds is 3. The van der Waals surface area contributed by atoms with Gasteiger partial charge in [0.2, 0.25) is 0 Å². The Hall–Kier alpha value is -1.81. The van der Waals surface area contributed by atoms with Gasteiger partial charge in [0.25, 0.3) is 0 Å². The van der Waals surface area contributed by atoms with E-state index in [1.165, 1.54) is 12.1 Å². The molecule has 2 N–H and O–H groups in total. The van der Waals surface area contributed by atoms with Crippen molar-refractivity contribution >= 4 is 0 Å². The average Bonchev–Trinajstić information content (AvgIpc) is 2.39. The van der Waals surface area contributed by atoms with Gasteiger partial charge in [-0.25, -0.2) is 14.4 Å². The molecule has 0 unspecified atom stereocenters. The highest BCUT2D eigenvalue weighted by molar-refractivity contribution is 5.59. The van der Waals surface area contributed by atoms with E-state index in [-0.39, 0.29) is 5.82 Å². The van der Waals surface area contributed by atoms with Crippen LogP contribution in [0.1, 0.15) is 31.3 Å². The fourth-order valence-electron chi connectivity index (χ4n) is 1.67. The lowest BCUT2D eigenvalue weighted by Crippen LogP contribution is -2.07. The molecule has 0 bridgehead atoms. The summed E-state index contributed by atoms with van der Waals surface area (Å²) in [6.07, 6.45) is 0. The largest absolute Gasteiger partial charge is 0.324 e. The third-order valence-corrected chi connectivity index (χ3v) is 2.71. The van der Waals surface area contributed by atoms with Crippen LogP contribution in [0.15, 0.2) is 30.3 Å². The molecule has 0 spiro atoms. The Morgan fingerprint density at radius 2 is 1.83 bits per heavy atom. The molecule has 2 aromatic rings. The minimum atomic E-state index is -0.254. The third kappa shape index (κ3) is 2.71. The maximum absolute atomic E-state index is 12.9. The van der Waals surface area contributed by atoms with E-state index < -0.39 is 0 Å². The quantitative estimate of drug-likeness (QED) is 0.904. The van der Waals surface area contributed by atoms with Crippen LogP contribution in [0.25, 0.3) is 11.3 Å². The molecule has 0 aliphatic heterocycles. The van der Waals surface area contributed by atoms with Crippen LogP contribution in [-0.2, 0) is 6.54 Å². The van der Waals surface area contributed by atoms with E-state index in [2.05, 4.69) is 23.8 Å². The number of benzene rings is 1. The highest BCUT2D eigenvalue weighted by Crippen LogP contribution is 2.21. The van der Waals surface area contributed by atoms with Gasteiger partial charge >= 0.3 is 0 Å². The zero-order valence-corrected chi connectivity index (χ0v) is 10.5. The Morgan fingerprint density at radius 1 is 1.17 bits per heavy atom. The molecule has 0 amide bonds. The van der Waals surface area contributed by atoms with E-state index in [1.54, 1.807) is 12.1 Å². The standard InChI is InChI=1S/C14H16FN3/c1-9(2)12-7-13(18-14(8-16)17-12)10-3-5-11(15)6-4-10/h3-7,9H,8,16H2,1-2H3. The van der Waals surface area contributed by atoms with Crippen molar-refractivity contribution in [2.24, 2.45) is 5.73 Å². The molecule has 3 nitrogen and oxygen atoms in total. The van der Waals surface area contributed by atoms with Crippen molar-refractivity contribution < 1.29 is 4.39 Å². The summed E-state index contributed by atoms with van der Waals surface area (Å²) < 4.78 is 12.9. The zero-order chi connectivity index (χ0) is 13.1. The molecule has 0 atom stereocenters. The first-order chi connectivity index (χ1) is 8.60. The van der Waals surface area contributed by atoms with Gasteiger partial charge in [-0.2, -0.15) is 0 Å². The number of aromatic nitrogens is 2. The first-order valence-corrected chi connectivity index (χ1v) is 5.94. The first kappa shape index (κ1) is 12.6. The van der Waals surface area contributed by atoms with E-state index >= 15 is 0 Å². The summed E-state index contributed by atoms with van der Waals surface area (Å²) in [6, 6.07) is 8.20. The highest BCUT2D eigenvalue weighted by atomic mass is 19.1. The Morgan fingerprint density at radius 3 is 2.39 bits per heavy atom. The molecule has 0 fully saturated rings. The fourth-order valence-corrected chi connectivity index (χ4v) is 1.67. The van der Waals surface area contributed by atoms with Gasteiger partial charge in [-0.15, -0.1) is 0 Å². The molecule has 4 heteroatoms. The first-order valence-electron chi connectivity index (χ1n) is 5.94.